The number of unbranched alkanes of at least 4 members (excludes halogenated alkanes) is 1. The van der Waals surface area contributed by atoms with Crippen molar-refractivity contribution >= 4 is 33.3 Å². The number of hydrogen-bond donors (Lipinski definition) is 2. The number of fused-ring (bicyclic) bond motifs is 3. The maximum absolute atomic E-state index is 13.3. The van der Waals surface area contributed by atoms with Gasteiger partial charge in [0.2, 0.25) is 0 Å². The average Bonchev–Trinajstić information content (AvgIpc) is 3.13. The van der Waals surface area contributed by atoms with Gasteiger partial charge in [-0.25, -0.2) is 0 Å². The van der Waals surface area contributed by atoms with Crippen molar-refractivity contribution in [2.45, 2.75) is 65.3 Å². The van der Waals surface area contributed by atoms with Crippen LogP contribution in [-0.2, 0) is 4.79 Å². The van der Waals surface area contributed by atoms with E-state index in [4.69, 9.17) is 5.11 Å². The molecule has 3 aliphatic rings. The zero-order valence-corrected chi connectivity index (χ0v) is 19.5. The number of rotatable bonds is 8. The predicted octanol–water partition coefficient (Wildman–Crippen LogP) is 6.19. The van der Waals surface area contributed by atoms with Crippen LogP contribution in [0.4, 0.5) is 0 Å². The molecule has 1 aromatic heterocycles. The highest BCUT2D eigenvalue weighted by Gasteiger charge is 2.57. The Morgan fingerprint density at radius 1 is 1.26 bits per heavy atom. The van der Waals surface area contributed by atoms with Crippen LogP contribution in [0, 0.1) is 30.1 Å². The predicted molar refractivity (Wildman–Crippen MR) is 127 cm³/mol. The van der Waals surface area contributed by atoms with E-state index < -0.39 is 5.97 Å². The third kappa shape index (κ3) is 4.43. The van der Waals surface area contributed by atoms with Crippen molar-refractivity contribution in [1.29, 1.82) is 0 Å². The zero-order valence-electron chi connectivity index (χ0n) is 18.7. The fourth-order valence-corrected chi connectivity index (χ4v) is 6.60. The van der Waals surface area contributed by atoms with Gasteiger partial charge in [-0.15, -0.1) is 11.3 Å². The third-order valence-corrected chi connectivity index (χ3v) is 8.68. The van der Waals surface area contributed by atoms with E-state index in [1.54, 1.807) is 11.3 Å². The number of aliphatic carboxylic acids is 1. The van der Waals surface area contributed by atoms with Crippen molar-refractivity contribution in [1.82, 2.24) is 5.32 Å². The second-order valence-corrected chi connectivity index (χ2v) is 10.9. The highest BCUT2D eigenvalue weighted by molar-refractivity contribution is 7.17. The fraction of sp³-hybridized carbons (Fsp3) is 0.538. The molecular weight excluding hydrogens is 406 g/mol. The number of carboxylic acids is 1. The molecule has 0 aliphatic heterocycles. The standard InChI is InChI=1S/C26H33NO3S/c1-16-10-11-22-19(12-16)20(15-31-22)25(30)27-24-17(8-6-4-5-7-9-23(28)29)13-18-14-21(24)26(18,2)3/h4,6,10-12,15,17-18,21,24H,5,7-9,13-14H2,1-3H3,(H,27,30)(H,28,29)/t17-,18-,21-,24-/m1/s1. The number of amides is 1. The molecule has 3 fully saturated rings. The van der Waals surface area contributed by atoms with Crippen LogP contribution < -0.4 is 5.32 Å². The molecule has 2 aromatic rings. The van der Waals surface area contributed by atoms with Gasteiger partial charge in [0, 0.05) is 27.9 Å². The van der Waals surface area contributed by atoms with Crippen molar-refractivity contribution in [3.8, 4) is 0 Å². The van der Waals surface area contributed by atoms with Crippen LogP contribution in [0.15, 0.2) is 35.7 Å². The molecule has 1 heterocycles. The Balaban J connectivity index is 1.46. The summed E-state index contributed by atoms with van der Waals surface area (Å²) in [7, 11) is 0. The van der Waals surface area contributed by atoms with Gasteiger partial charge < -0.3 is 10.4 Å². The molecule has 3 aliphatic carbocycles. The summed E-state index contributed by atoms with van der Waals surface area (Å²) in [5.41, 5.74) is 2.25. The van der Waals surface area contributed by atoms with Gasteiger partial charge in [0.1, 0.15) is 0 Å². The van der Waals surface area contributed by atoms with Crippen LogP contribution in [0.3, 0.4) is 0 Å². The number of carboxylic acid groups (broad SMARTS) is 1. The normalized spacial score (nSPS) is 26.7. The topological polar surface area (TPSA) is 66.4 Å². The van der Waals surface area contributed by atoms with Crippen LogP contribution in [0.2, 0.25) is 0 Å². The zero-order chi connectivity index (χ0) is 22.2. The second-order valence-electron chi connectivity index (χ2n) is 10.00. The summed E-state index contributed by atoms with van der Waals surface area (Å²) in [6, 6.07) is 6.50. The maximum atomic E-state index is 13.3. The number of hydrogen-bond acceptors (Lipinski definition) is 3. The van der Waals surface area contributed by atoms with Gasteiger partial charge in [0.05, 0.1) is 5.56 Å². The first-order chi connectivity index (χ1) is 14.8. The first-order valence-corrected chi connectivity index (χ1v) is 12.3. The molecule has 4 atom stereocenters. The number of aryl methyl sites for hydroxylation is 1. The SMILES string of the molecule is Cc1ccc2scc(C(=O)N[C@@H]3[C@H](CC=CCCCC(=O)O)C[C@@H]4C[C@H]3C4(C)C)c2c1. The highest BCUT2D eigenvalue weighted by atomic mass is 32.1. The van der Waals surface area contributed by atoms with E-state index in [9.17, 15) is 9.59 Å². The van der Waals surface area contributed by atoms with Crippen molar-refractivity contribution in [3.63, 3.8) is 0 Å². The summed E-state index contributed by atoms with van der Waals surface area (Å²) in [5.74, 6) is 1.02. The van der Waals surface area contributed by atoms with Gasteiger partial charge in [-0.1, -0.05) is 37.6 Å². The number of nitrogens with one attached hydrogen (secondary N) is 1. The largest absolute Gasteiger partial charge is 0.481 e. The molecule has 0 spiro atoms. The molecule has 3 saturated carbocycles. The Morgan fingerprint density at radius 3 is 2.81 bits per heavy atom. The van der Waals surface area contributed by atoms with Gasteiger partial charge in [-0.2, -0.15) is 0 Å². The molecule has 1 aromatic carbocycles. The minimum Gasteiger partial charge on any atom is -0.481 e. The average molecular weight is 440 g/mol. The molecule has 5 heteroatoms. The third-order valence-electron chi connectivity index (χ3n) is 7.71. The van der Waals surface area contributed by atoms with E-state index in [0.29, 0.717) is 18.3 Å². The van der Waals surface area contributed by atoms with Crippen molar-refractivity contribution < 1.29 is 14.7 Å². The lowest BCUT2D eigenvalue weighted by Gasteiger charge is -2.62. The molecule has 4 nitrogen and oxygen atoms in total. The van der Waals surface area contributed by atoms with Gasteiger partial charge in [0.25, 0.3) is 5.91 Å². The fourth-order valence-electron chi connectivity index (χ4n) is 5.68. The Labute approximate surface area is 188 Å². The quantitative estimate of drug-likeness (QED) is 0.381. The van der Waals surface area contributed by atoms with Gasteiger partial charge >= 0.3 is 5.97 Å². The number of allylic oxidation sites excluding steroid dienone is 2. The first kappa shape index (κ1) is 22.1. The molecule has 5 rings (SSSR count). The summed E-state index contributed by atoms with van der Waals surface area (Å²) >= 11 is 1.63. The second kappa shape index (κ2) is 8.78. The molecule has 0 saturated heterocycles. The van der Waals surface area contributed by atoms with Crippen LogP contribution in [0.25, 0.3) is 10.1 Å². The maximum Gasteiger partial charge on any atom is 0.303 e. The van der Waals surface area contributed by atoms with Crippen LogP contribution in [0.1, 0.15) is 68.3 Å². The van der Waals surface area contributed by atoms with E-state index in [0.717, 1.165) is 40.8 Å². The van der Waals surface area contributed by atoms with E-state index in [-0.39, 0.29) is 23.8 Å². The minimum absolute atomic E-state index is 0.0541. The molecule has 166 valence electrons. The molecule has 0 unspecified atom stereocenters. The number of carbonyl (C=O) groups excluding carboxylic acids is 1. The molecule has 31 heavy (non-hydrogen) atoms. The molecular formula is C26H33NO3S. The van der Waals surface area contributed by atoms with Crippen LogP contribution in [0.5, 0.6) is 0 Å². The van der Waals surface area contributed by atoms with E-state index in [1.165, 1.54) is 12.0 Å². The van der Waals surface area contributed by atoms with Gasteiger partial charge in [-0.05, 0) is 74.3 Å². The summed E-state index contributed by atoms with van der Waals surface area (Å²) in [6.07, 6.45) is 9.32. The lowest BCUT2D eigenvalue weighted by molar-refractivity contribution is -0.137. The Hall–Kier alpha value is -2.14. The number of benzene rings is 1. The highest BCUT2D eigenvalue weighted by Crippen LogP contribution is 2.61. The number of carbonyl (C=O) groups is 2. The summed E-state index contributed by atoms with van der Waals surface area (Å²) < 4.78 is 1.16. The van der Waals surface area contributed by atoms with Crippen molar-refractivity contribution in [2.75, 3.05) is 0 Å². The van der Waals surface area contributed by atoms with E-state index in [1.807, 2.05) is 5.38 Å². The molecule has 0 radical (unpaired) electrons. The monoisotopic (exact) mass is 439 g/mol. The minimum atomic E-state index is -0.734. The summed E-state index contributed by atoms with van der Waals surface area (Å²) in [5, 5.41) is 15.3. The van der Waals surface area contributed by atoms with Crippen molar-refractivity contribution in [3.05, 3.63) is 46.9 Å². The lowest BCUT2D eigenvalue weighted by atomic mass is 9.44. The lowest BCUT2D eigenvalue weighted by Crippen LogP contribution is -2.63. The number of thiophene rings is 1. The molecule has 1 amide bonds. The Bertz CT molecular complexity index is 1010. The van der Waals surface area contributed by atoms with E-state index in [2.05, 4.69) is 56.4 Å². The Morgan fingerprint density at radius 2 is 2.06 bits per heavy atom. The first-order valence-electron chi connectivity index (χ1n) is 11.4. The van der Waals surface area contributed by atoms with Crippen LogP contribution in [-0.4, -0.2) is 23.0 Å². The smallest absolute Gasteiger partial charge is 0.303 e. The van der Waals surface area contributed by atoms with Gasteiger partial charge in [-0.3, -0.25) is 9.59 Å². The van der Waals surface area contributed by atoms with Crippen LogP contribution >= 0.6 is 11.3 Å². The van der Waals surface area contributed by atoms with E-state index >= 15 is 0 Å². The molecule has 2 N–H and O–H groups in total. The summed E-state index contributed by atoms with van der Waals surface area (Å²) in [6.45, 7) is 6.77. The summed E-state index contributed by atoms with van der Waals surface area (Å²) in [4.78, 5) is 24.0. The molecule has 2 bridgehead atoms. The van der Waals surface area contributed by atoms with Crippen molar-refractivity contribution in [2.24, 2.45) is 23.2 Å². The Kier molecular flexibility index (Phi) is 6.25. The van der Waals surface area contributed by atoms with Gasteiger partial charge in [0.15, 0.2) is 0 Å².